The molecule has 5 heteroatoms. The van der Waals surface area contributed by atoms with E-state index in [-0.39, 0.29) is 0 Å². The Balaban J connectivity index is 2.00. The Kier molecular flexibility index (Phi) is 2.94. The number of nitrogen functional groups attached to an aromatic ring is 1. The summed E-state index contributed by atoms with van der Waals surface area (Å²) < 4.78 is 2.03. The van der Waals surface area contributed by atoms with Crippen molar-refractivity contribution >= 4 is 22.1 Å². The van der Waals surface area contributed by atoms with E-state index in [0.29, 0.717) is 5.82 Å². The van der Waals surface area contributed by atoms with Crippen LogP contribution in [0, 0.1) is 6.92 Å². The molecule has 2 N–H and O–H groups in total. The number of aromatic nitrogens is 3. The Morgan fingerprint density at radius 2 is 1.82 bits per heavy atom. The van der Waals surface area contributed by atoms with Crippen molar-refractivity contribution in [2.75, 3.05) is 5.73 Å². The van der Waals surface area contributed by atoms with Gasteiger partial charge in [0.1, 0.15) is 11.5 Å². The highest BCUT2D eigenvalue weighted by Gasteiger charge is 2.19. The average molecular weight is 306 g/mol. The number of imidazole rings is 1. The van der Waals surface area contributed by atoms with Crippen molar-refractivity contribution in [1.29, 1.82) is 0 Å². The number of rotatable bonds is 2. The van der Waals surface area contributed by atoms with E-state index in [2.05, 4.69) is 29.0 Å². The maximum absolute atomic E-state index is 6.39. The van der Waals surface area contributed by atoms with Crippen molar-refractivity contribution < 1.29 is 0 Å². The molecule has 0 amide bonds. The fraction of sp³-hybridized carbons (Fsp3) is 0.0588. The highest BCUT2D eigenvalue weighted by atomic mass is 32.1. The van der Waals surface area contributed by atoms with Gasteiger partial charge < -0.3 is 5.73 Å². The summed E-state index contributed by atoms with van der Waals surface area (Å²) in [5.41, 5.74) is 10.2. The second kappa shape index (κ2) is 4.96. The maximum Gasteiger partial charge on any atom is 0.196 e. The van der Waals surface area contributed by atoms with Gasteiger partial charge in [-0.3, -0.25) is 9.38 Å². The SMILES string of the molecule is Cc1sc2nc(-c3ccccn3)c(N)n2c1-c1ccccc1. The fourth-order valence-corrected chi connectivity index (χ4v) is 3.66. The lowest BCUT2D eigenvalue weighted by atomic mass is 10.1. The van der Waals surface area contributed by atoms with Gasteiger partial charge >= 0.3 is 0 Å². The molecule has 0 aliphatic rings. The number of thiazole rings is 1. The fourth-order valence-electron chi connectivity index (χ4n) is 2.66. The summed E-state index contributed by atoms with van der Waals surface area (Å²) in [5.74, 6) is 0.636. The molecule has 22 heavy (non-hydrogen) atoms. The highest BCUT2D eigenvalue weighted by molar-refractivity contribution is 7.17. The molecular weight excluding hydrogens is 292 g/mol. The summed E-state index contributed by atoms with van der Waals surface area (Å²) in [5, 5.41) is 0. The number of fused-ring (bicyclic) bond motifs is 1. The predicted octanol–water partition coefficient (Wildman–Crippen LogP) is 4.02. The highest BCUT2D eigenvalue weighted by Crippen LogP contribution is 2.36. The topological polar surface area (TPSA) is 56.2 Å². The van der Waals surface area contributed by atoms with Gasteiger partial charge in [-0.1, -0.05) is 36.4 Å². The van der Waals surface area contributed by atoms with Gasteiger partial charge in [-0.15, -0.1) is 11.3 Å². The average Bonchev–Trinajstić information content (AvgIpc) is 3.05. The molecule has 0 spiro atoms. The van der Waals surface area contributed by atoms with Gasteiger partial charge in [0.05, 0.1) is 11.4 Å². The van der Waals surface area contributed by atoms with E-state index in [1.807, 2.05) is 40.8 Å². The molecule has 0 unspecified atom stereocenters. The van der Waals surface area contributed by atoms with Crippen LogP contribution in [-0.4, -0.2) is 14.4 Å². The lowest BCUT2D eigenvalue weighted by Gasteiger charge is -2.04. The number of nitrogens with two attached hydrogens (primary N) is 1. The van der Waals surface area contributed by atoms with E-state index >= 15 is 0 Å². The smallest absolute Gasteiger partial charge is 0.196 e. The summed E-state index contributed by atoms with van der Waals surface area (Å²) in [6.07, 6.45) is 1.76. The zero-order chi connectivity index (χ0) is 15.1. The first kappa shape index (κ1) is 13.0. The zero-order valence-corrected chi connectivity index (χ0v) is 12.8. The van der Waals surface area contributed by atoms with Gasteiger partial charge in [0, 0.05) is 11.1 Å². The number of aryl methyl sites for hydroxylation is 1. The van der Waals surface area contributed by atoms with Crippen LogP contribution in [0.2, 0.25) is 0 Å². The first-order valence-corrected chi connectivity index (χ1v) is 7.81. The molecule has 0 saturated heterocycles. The number of hydrogen-bond acceptors (Lipinski definition) is 4. The van der Waals surface area contributed by atoms with Gasteiger partial charge in [-0.2, -0.15) is 0 Å². The molecule has 3 heterocycles. The van der Waals surface area contributed by atoms with Crippen LogP contribution in [0.5, 0.6) is 0 Å². The molecule has 1 aromatic carbocycles. The second-order valence-electron chi connectivity index (χ2n) is 5.05. The molecule has 4 aromatic rings. The third-order valence-electron chi connectivity index (χ3n) is 3.64. The maximum atomic E-state index is 6.39. The van der Waals surface area contributed by atoms with Crippen molar-refractivity contribution in [2.24, 2.45) is 0 Å². The lowest BCUT2D eigenvalue weighted by molar-refractivity contribution is 1.23. The van der Waals surface area contributed by atoms with Gasteiger partial charge in [-0.05, 0) is 24.6 Å². The minimum Gasteiger partial charge on any atom is -0.383 e. The number of hydrogen-bond donors (Lipinski definition) is 1. The summed E-state index contributed by atoms with van der Waals surface area (Å²) in [6, 6.07) is 16.0. The van der Waals surface area contributed by atoms with Crippen LogP contribution < -0.4 is 5.73 Å². The monoisotopic (exact) mass is 306 g/mol. The Morgan fingerprint density at radius 3 is 2.55 bits per heavy atom. The van der Waals surface area contributed by atoms with Crippen molar-refractivity contribution in [3.05, 3.63) is 59.6 Å². The van der Waals surface area contributed by atoms with E-state index in [4.69, 9.17) is 5.73 Å². The van der Waals surface area contributed by atoms with Gasteiger partial charge in [-0.25, -0.2) is 4.98 Å². The van der Waals surface area contributed by atoms with Gasteiger partial charge in [0.2, 0.25) is 0 Å². The van der Waals surface area contributed by atoms with Crippen LogP contribution in [0.4, 0.5) is 5.82 Å². The Morgan fingerprint density at radius 1 is 1.05 bits per heavy atom. The Hall–Kier alpha value is -2.66. The van der Waals surface area contributed by atoms with Crippen LogP contribution >= 0.6 is 11.3 Å². The van der Waals surface area contributed by atoms with Crippen LogP contribution in [0.3, 0.4) is 0 Å². The summed E-state index contributed by atoms with van der Waals surface area (Å²) >= 11 is 1.65. The van der Waals surface area contributed by atoms with E-state index in [1.165, 1.54) is 4.88 Å². The second-order valence-corrected chi connectivity index (χ2v) is 6.23. The first-order valence-electron chi connectivity index (χ1n) is 7.00. The van der Waals surface area contributed by atoms with E-state index in [9.17, 15) is 0 Å². The zero-order valence-electron chi connectivity index (χ0n) is 12.0. The van der Waals surface area contributed by atoms with Gasteiger partial charge in [0.25, 0.3) is 0 Å². The first-order chi connectivity index (χ1) is 10.8. The summed E-state index contributed by atoms with van der Waals surface area (Å²) in [4.78, 5) is 11.1. The number of benzene rings is 1. The Labute approximate surface area is 131 Å². The van der Waals surface area contributed by atoms with Crippen molar-refractivity contribution in [3.63, 3.8) is 0 Å². The molecule has 0 bridgehead atoms. The molecule has 0 aliphatic heterocycles. The largest absolute Gasteiger partial charge is 0.383 e. The molecule has 108 valence electrons. The quantitative estimate of drug-likeness (QED) is 0.608. The molecule has 0 aliphatic carbocycles. The van der Waals surface area contributed by atoms with Crippen LogP contribution in [0.15, 0.2) is 54.7 Å². The summed E-state index contributed by atoms with van der Waals surface area (Å²) in [7, 11) is 0. The third-order valence-corrected chi connectivity index (χ3v) is 4.59. The third kappa shape index (κ3) is 1.90. The molecule has 3 aromatic heterocycles. The van der Waals surface area contributed by atoms with E-state index < -0.39 is 0 Å². The summed E-state index contributed by atoms with van der Waals surface area (Å²) in [6.45, 7) is 2.10. The van der Waals surface area contributed by atoms with Crippen molar-refractivity contribution in [2.45, 2.75) is 6.92 Å². The van der Waals surface area contributed by atoms with Crippen molar-refractivity contribution in [3.8, 4) is 22.6 Å². The number of anilines is 1. The molecule has 0 fully saturated rings. The minimum absolute atomic E-state index is 0.636. The predicted molar refractivity (Wildman–Crippen MR) is 90.9 cm³/mol. The minimum atomic E-state index is 0.636. The number of nitrogens with zero attached hydrogens (tertiary/aromatic N) is 3. The molecule has 4 rings (SSSR count). The molecule has 0 radical (unpaired) electrons. The van der Waals surface area contributed by atoms with Crippen LogP contribution in [0.1, 0.15) is 4.88 Å². The molecule has 0 atom stereocenters. The van der Waals surface area contributed by atoms with Gasteiger partial charge in [0.15, 0.2) is 4.96 Å². The van der Waals surface area contributed by atoms with Crippen molar-refractivity contribution in [1.82, 2.24) is 14.4 Å². The molecule has 4 nitrogen and oxygen atoms in total. The standard InChI is InChI=1S/C17H14N4S/c1-11-15(12-7-3-2-4-8-12)21-16(18)14(20-17(21)22-11)13-9-5-6-10-19-13/h2-10H,18H2,1H3. The lowest BCUT2D eigenvalue weighted by Crippen LogP contribution is -1.96. The Bertz CT molecular complexity index is 939. The van der Waals surface area contributed by atoms with Crippen LogP contribution in [-0.2, 0) is 0 Å². The molecular formula is C17H14N4S. The molecule has 0 saturated carbocycles. The van der Waals surface area contributed by atoms with E-state index in [1.54, 1.807) is 17.5 Å². The normalized spacial score (nSPS) is 11.1. The van der Waals surface area contributed by atoms with E-state index in [0.717, 1.165) is 27.6 Å². The number of pyridine rings is 1. The van der Waals surface area contributed by atoms with Crippen LogP contribution in [0.25, 0.3) is 27.6 Å².